The molecule has 0 heterocycles. The predicted molar refractivity (Wildman–Crippen MR) is 53.9 cm³/mol. The van der Waals surface area contributed by atoms with Gasteiger partial charge in [-0.05, 0) is 17.7 Å². The highest BCUT2D eigenvalue weighted by molar-refractivity contribution is 5.59. The Morgan fingerprint density at radius 3 is 2.86 bits per heavy atom. The van der Waals surface area contributed by atoms with Crippen molar-refractivity contribution in [2.45, 2.75) is 6.42 Å². The molecule has 4 heteroatoms. The Kier molecular flexibility index (Phi) is 3.82. The van der Waals surface area contributed by atoms with Crippen LogP contribution in [0, 0.1) is 5.82 Å². The number of aldehydes is 1. The Hall–Kier alpha value is -1.68. The number of anilines is 1. The number of benzene rings is 1. The maximum absolute atomic E-state index is 13.1. The van der Waals surface area contributed by atoms with E-state index in [1.807, 2.05) is 0 Å². The number of carbonyl (C=O) groups is 1. The third-order valence-corrected chi connectivity index (χ3v) is 1.69. The zero-order chi connectivity index (χ0) is 10.4. The molecule has 0 saturated carbocycles. The minimum atomic E-state index is -0.416. The average Bonchev–Trinajstić information content (AvgIpc) is 2.18. The Bertz CT molecular complexity index is 350. The maximum Gasteiger partial charge on any atom is 0.148 e. The molecule has 1 aromatic carbocycles. The summed E-state index contributed by atoms with van der Waals surface area (Å²) >= 11 is 0. The Morgan fingerprint density at radius 2 is 2.29 bits per heavy atom. The molecule has 0 aromatic heterocycles. The van der Waals surface area contributed by atoms with Crippen molar-refractivity contribution in [2.75, 3.05) is 5.43 Å². The smallest absolute Gasteiger partial charge is 0.148 e. The SMILES string of the molecule is NNc1ccc(C=CCC=O)cc1F. The largest absolute Gasteiger partial charge is 0.321 e. The molecule has 0 amide bonds. The fraction of sp³-hybridized carbons (Fsp3) is 0.100. The van der Waals surface area contributed by atoms with Crippen molar-refractivity contribution in [3.63, 3.8) is 0 Å². The fourth-order valence-electron chi connectivity index (χ4n) is 1.01. The van der Waals surface area contributed by atoms with Gasteiger partial charge in [0.2, 0.25) is 0 Å². The van der Waals surface area contributed by atoms with Gasteiger partial charge in [-0.15, -0.1) is 0 Å². The number of hydrogen-bond donors (Lipinski definition) is 2. The first-order chi connectivity index (χ1) is 6.77. The second-order valence-corrected chi connectivity index (χ2v) is 2.69. The Balaban J connectivity index is 2.80. The van der Waals surface area contributed by atoms with E-state index in [1.54, 1.807) is 18.2 Å². The third-order valence-electron chi connectivity index (χ3n) is 1.69. The second kappa shape index (κ2) is 5.14. The molecule has 3 nitrogen and oxygen atoms in total. The summed E-state index contributed by atoms with van der Waals surface area (Å²) in [6.07, 6.45) is 4.45. The normalized spacial score (nSPS) is 10.4. The number of nitrogen functional groups attached to an aromatic ring is 1. The minimum Gasteiger partial charge on any atom is -0.321 e. The van der Waals surface area contributed by atoms with Gasteiger partial charge in [-0.1, -0.05) is 18.2 Å². The number of rotatable bonds is 4. The van der Waals surface area contributed by atoms with Crippen molar-refractivity contribution in [3.05, 3.63) is 35.7 Å². The lowest BCUT2D eigenvalue weighted by Gasteiger charge is -2.01. The van der Waals surface area contributed by atoms with Crippen LogP contribution in [0.25, 0.3) is 6.08 Å². The van der Waals surface area contributed by atoms with Gasteiger partial charge in [0.15, 0.2) is 0 Å². The molecule has 0 spiro atoms. The fourth-order valence-corrected chi connectivity index (χ4v) is 1.01. The molecule has 1 aromatic rings. The van der Waals surface area contributed by atoms with E-state index in [1.165, 1.54) is 12.1 Å². The maximum atomic E-state index is 13.1. The average molecular weight is 194 g/mol. The van der Waals surface area contributed by atoms with Crippen LogP contribution in [0.2, 0.25) is 0 Å². The van der Waals surface area contributed by atoms with Crippen LogP contribution in [0.4, 0.5) is 10.1 Å². The zero-order valence-electron chi connectivity index (χ0n) is 7.53. The van der Waals surface area contributed by atoms with Crippen LogP contribution in [0.5, 0.6) is 0 Å². The highest BCUT2D eigenvalue weighted by Crippen LogP contribution is 2.15. The van der Waals surface area contributed by atoms with Gasteiger partial charge >= 0.3 is 0 Å². The molecule has 14 heavy (non-hydrogen) atoms. The molecule has 0 aliphatic rings. The summed E-state index contributed by atoms with van der Waals surface area (Å²) in [4.78, 5) is 10.0. The molecule has 0 fully saturated rings. The van der Waals surface area contributed by atoms with Gasteiger partial charge in [0.1, 0.15) is 12.1 Å². The molecule has 0 aliphatic heterocycles. The van der Waals surface area contributed by atoms with Gasteiger partial charge < -0.3 is 10.2 Å². The molecule has 0 aliphatic carbocycles. The monoisotopic (exact) mass is 194 g/mol. The Labute approximate surface area is 81.4 Å². The summed E-state index contributed by atoms with van der Waals surface area (Å²) in [5, 5.41) is 0. The van der Waals surface area contributed by atoms with Crippen LogP contribution < -0.4 is 11.3 Å². The molecule has 0 saturated heterocycles. The van der Waals surface area contributed by atoms with Crippen LogP contribution in [-0.4, -0.2) is 6.29 Å². The van der Waals surface area contributed by atoms with E-state index in [2.05, 4.69) is 5.43 Å². The first kappa shape index (κ1) is 10.4. The summed E-state index contributed by atoms with van der Waals surface area (Å²) < 4.78 is 13.1. The number of carbonyl (C=O) groups excluding carboxylic acids is 1. The van der Waals surface area contributed by atoms with E-state index in [0.29, 0.717) is 12.0 Å². The van der Waals surface area contributed by atoms with E-state index < -0.39 is 5.82 Å². The highest BCUT2D eigenvalue weighted by atomic mass is 19.1. The lowest BCUT2D eigenvalue weighted by molar-refractivity contribution is -0.107. The summed E-state index contributed by atoms with van der Waals surface area (Å²) in [7, 11) is 0. The van der Waals surface area contributed by atoms with Crippen molar-refractivity contribution in [1.82, 2.24) is 0 Å². The molecule has 0 bridgehead atoms. The number of nitrogens with one attached hydrogen (secondary N) is 1. The van der Waals surface area contributed by atoms with Crippen LogP contribution >= 0.6 is 0 Å². The van der Waals surface area contributed by atoms with Crippen LogP contribution in [-0.2, 0) is 4.79 Å². The summed E-state index contributed by atoms with van der Waals surface area (Å²) in [5.41, 5.74) is 3.18. The lowest BCUT2D eigenvalue weighted by Crippen LogP contribution is -2.08. The van der Waals surface area contributed by atoms with Crippen LogP contribution in [0.1, 0.15) is 12.0 Å². The molecular weight excluding hydrogens is 183 g/mol. The standard InChI is InChI=1S/C10H11FN2O/c11-9-7-8(3-1-2-6-14)4-5-10(9)13-12/h1,3-7,13H,2,12H2. The van der Waals surface area contributed by atoms with E-state index in [9.17, 15) is 9.18 Å². The number of hydrogen-bond acceptors (Lipinski definition) is 3. The van der Waals surface area contributed by atoms with Crippen molar-refractivity contribution >= 4 is 18.0 Å². The van der Waals surface area contributed by atoms with Gasteiger partial charge in [-0.2, -0.15) is 0 Å². The van der Waals surface area contributed by atoms with E-state index in [0.717, 1.165) is 6.29 Å². The van der Waals surface area contributed by atoms with Gasteiger partial charge in [0, 0.05) is 6.42 Å². The second-order valence-electron chi connectivity index (χ2n) is 2.69. The van der Waals surface area contributed by atoms with Gasteiger partial charge in [-0.3, -0.25) is 5.84 Å². The minimum absolute atomic E-state index is 0.248. The molecule has 0 radical (unpaired) electrons. The van der Waals surface area contributed by atoms with Crippen LogP contribution in [0.15, 0.2) is 24.3 Å². The third kappa shape index (κ3) is 2.67. The van der Waals surface area contributed by atoms with Crippen molar-refractivity contribution in [3.8, 4) is 0 Å². The number of allylic oxidation sites excluding steroid dienone is 1. The van der Waals surface area contributed by atoms with Crippen molar-refractivity contribution in [1.29, 1.82) is 0 Å². The summed E-state index contributed by atoms with van der Waals surface area (Å²) in [6, 6.07) is 4.59. The number of hydrazine groups is 1. The molecule has 1 rings (SSSR count). The zero-order valence-corrected chi connectivity index (χ0v) is 7.53. The highest BCUT2D eigenvalue weighted by Gasteiger charge is 1.99. The molecule has 0 unspecified atom stereocenters. The Morgan fingerprint density at radius 1 is 1.50 bits per heavy atom. The quantitative estimate of drug-likeness (QED) is 0.436. The topological polar surface area (TPSA) is 55.1 Å². The number of halogens is 1. The summed E-state index contributed by atoms with van der Waals surface area (Å²) in [5.74, 6) is 4.65. The molecule has 74 valence electrons. The van der Waals surface area contributed by atoms with Gasteiger partial charge in [0.05, 0.1) is 5.69 Å². The van der Waals surface area contributed by atoms with E-state index >= 15 is 0 Å². The predicted octanol–water partition coefficient (Wildman–Crippen LogP) is 1.71. The molecular formula is C10H11FN2O. The molecule has 3 N–H and O–H groups in total. The van der Waals surface area contributed by atoms with E-state index in [4.69, 9.17) is 5.84 Å². The number of nitrogens with two attached hydrogens (primary N) is 1. The van der Waals surface area contributed by atoms with Crippen LogP contribution in [0.3, 0.4) is 0 Å². The first-order valence-corrected chi connectivity index (χ1v) is 4.14. The van der Waals surface area contributed by atoms with Crippen molar-refractivity contribution in [2.24, 2.45) is 5.84 Å². The van der Waals surface area contributed by atoms with Crippen molar-refractivity contribution < 1.29 is 9.18 Å². The summed E-state index contributed by atoms with van der Waals surface area (Å²) in [6.45, 7) is 0. The van der Waals surface area contributed by atoms with E-state index in [-0.39, 0.29) is 5.69 Å². The lowest BCUT2D eigenvalue weighted by atomic mass is 10.2. The molecule has 0 atom stereocenters. The van der Waals surface area contributed by atoms with Gasteiger partial charge in [0.25, 0.3) is 0 Å². The first-order valence-electron chi connectivity index (χ1n) is 4.14. The van der Waals surface area contributed by atoms with Gasteiger partial charge in [-0.25, -0.2) is 4.39 Å².